The van der Waals surface area contributed by atoms with E-state index in [-0.39, 0.29) is 12.5 Å². The van der Waals surface area contributed by atoms with Crippen LogP contribution in [0.5, 0.6) is 0 Å². The van der Waals surface area contributed by atoms with Gasteiger partial charge in [-0.25, -0.2) is 9.50 Å². The van der Waals surface area contributed by atoms with E-state index in [2.05, 4.69) is 26.0 Å². The van der Waals surface area contributed by atoms with Gasteiger partial charge in [0.15, 0.2) is 11.5 Å². The second kappa shape index (κ2) is 4.28. The number of aliphatic hydroxyl groups is 1. The molecule has 2 aromatic heterocycles. The summed E-state index contributed by atoms with van der Waals surface area (Å²) in [5.74, 6) is 0.738. The van der Waals surface area contributed by atoms with Crippen molar-refractivity contribution < 1.29 is 5.11 Å². The molecule has 1 N–H and O–H groups in total. The molecule has 0 saturated heterocycles. The Morgan fingerprint density at radius 1 is 1.53 bits per heavy atom. The summed E-state index contributed by atoms with van der Waals surface area (Å²) in [5.41, 5.74) is 0.806. The summed E-state index contributed by atoms with van der Waals surface area (Å²) in [6, 6.07) is 3.82. The van der Waals surface area contributed by atoms with Crippen molar-refractivity contribution >= 4 is 21.6 Å². The number of halogens is 1. The van der Waals surface area contributed by atoms with Crippen molar-refractivity contribution in [3.8, 4) is 0 Å². The van der Waals surface area contributed by atoms with Crippen molar-refractivity contribution in [3.05, 3.63) is 28.6 Å². The van der Waals surface area contributed by atoms with Crippen molar-refractivity contribution in [1.29, 1.82) is 0 Å². The van der Waals surface area contributed by atoms with Crippen molar-refractivity contribution in [1.82, 2.24) is 14.6 Å². The first-order valence-corrected chi connectivity index (χ1v) is 5.66. The molecule has 0 bridgehead atoms. The highest BCUT2D eigenvalue weighted by molar-refractivity contribution is 9.10. The minimum absolute atomic E-state index is 0.0312. The van der Waals surface area contributed by atoms with Gasteiger partial charge in [-0.1, -0.05) is 6.92 Å². The Morgan fingerprint density at radius 2 is 2.33 bits per heavy atom. The standard InChI is InChI=1S/C10H12BrN3O/c1-2-7(6-15)10-12-9-4-3-8(11)5-14(9)13-10/h3-5,7,15H,2,6H2,1H3. The fourth-order valence-corrected chi connectivity index (χ4v) is 1.77. The average molecular weight is 270 g/mol. The van der Waals surface area contributed by atoms with E-state index in [9.17, 15) is 0 Å². The number of rotatable bonds is 3. The molecule has 0 fully saturated rings. The number of aliphatic hydroxyl groups excluding tert-OH is 1. The minimum atomic E-state index is 0.0312. The van der Waals surface area contributed by atoms with E-state index < -0.39 is 0 Å². The van der Waals surface area contributed by atoms with Crippen LogP contribution in [0.1, 0.15) is 25.1 Å². The molecule has 1 unspecified atom stereocenters. The van der Waals surface area contributed by atoms with Gasteiger partial charge < -0.3 is 5.11 Å². The molecule has 2 aromatic rings. The molecule has 0 spiro atoms. The van der Waals surface area contributed by atoms with Crippen LogP contribution in [0, 0.1) is 0 Å². The van der Waals surface area contributed by atoms with Gasteiger partial charge in [0.1, 0.15) is 0 Å². The smallest absolute Gasteiger partial charge is 0.157 e. The molecule has 0 aliphatic carbocycles. The summed E-state index contributed by atoms with van der Waals surface area (Å²) in [6.07, 6.45) is 2.70. The quantitative estimate of drug-likeness (QED) is 0.927. The third kappa shape index (κ3) is 2.03. The maximum Gasteiger partial charge on any atom is 0.157 e. The number of nitrogens with zero attached hydrogens (tertiary/aromatic N) is 3. The summed E-state index contributed by atoms with van der Waals surface area (Å²) in [7, 11) is 0. The molecule has 0 aromatic carbocycles. The Hall–Kier alpha value is -0.940. The number of hydrogen-bond acceptors (Lipinski definition) is 3. The lowest BCUT2D eigenvalue weighted by atomic mass is 10.1. The Kier molecular flexibility index (Phi) is 3.02. The first-order valence-electron chi connectivity index (χ1n) is 4.87. The molecule has 0 amide bonds. The Labute approximate surface area is 96.1 Å². The van der Waals surface area contributed by atoms with Crippen LogP contribution >= 0.6 is 15.9 Å². The Bertz CT molecular complexity index is 465. The van der Waals surface area contributed by atoms with Crippen molar-refractivity contribution in [2.24, 2.45) is 0 Å². The van der Waals surface area contributed by atoms with E-state index in [0.29, 0.717) is 5.82 Å². The summed E-state index contributed by atoms with van der Waals surface area (Å²) >= 11 is 3.37. The molecule has 4 nitrogen and oxygen atoms in total. The van der Waals surface area contributed by atoms with Crippen LogP contribution in [-0.2, 0) is 0 Å². The van der Waals surface area contributed by atoms with Gasteiger partial charge in [-0.2, -0.15) is 5.10 Å². The van der Waals surface area contributed by atoms with Gasteiger partial charge in [-0.3, -0.25) is 0 Å². The summed E-state index contributed by atoms with van der Waals surface area (Å²) in [5, 5.41) is 13.5. The number of aromatic nitrogens is 3. The second-order valence-corrected chi connectivity index (χ2v) is 4.32. The molecule has 2 rings (SSSR count). The molecule has 0 saturated carbocycles. The zero-order valence-electron chi connectivity index (χ0n) is 8.39. The Morgan fingerprint density at radius 3 is 3.00 bits per heavy atom. The Balaban J connectivity index is 2.46. The van der Waals surface area contributed by atoms with Crippen molar-refractivity contribution in [2.45, 2.75) is 19.3 Å². The molecule has 1 atom stereocenters. The van der Waals surface area contributed by atoms with Gasteiger partial charge in [0.05, 0.1) is 6.61 Å². The number of hydrogen-bond donors (Lipinski definition) is 1. The molecule has 0 aliphatic heterocycles. The third-order valence-electron chi connectivity index (χ3n) is 2.39. The fraction of sp³-hybridized carbons (Fsp3) is 0.400. The van der Waals surface area contributed by atoms with E-state index in [1.54, 1.807) is 4.52 Å². The average Bonchev–Trinajstić information content (AvgIpc) is 2.62. The number of fused-ring (bicyclic) bond motifs is 1. The first-order chi connectivity index (χ1) is 7.24. The van der Waals surface area contributed by atoms with Gasteiger partial charge in [-0.15, -0.1) is 0 Å². The van der Waals surface area contributed by atoms with Crippen LogP contribution in [-0.4, -0.2) is 26.3 Å². The van der Waals surface area contributed by atoms with Gasteiger partial charge in [-0.05, 0) is 34.5 Å². The van der Waals surface area contributed by atoms with Crippen molar-refractivity contribution in [3.63, 3.8) is 0 Å². The van der Waals surface area contributed by atoms with E-state index in [0.717, 1.165) is 16.5 Å². The molecule has 0 radical (unpaired) electrons. The summed E-state index contributed by atoms with van der Waals surface area (Å²) in [6.45, 7) is 2.11. The van der Waals surface area contributed by atoms with Gasteiger partial charge in [0.2, 0.25) is 0 Å². The normalized spacial score (nSPS) is 13.3. The van der Waals surface area contributed by atoms with E-state index >= 15 is 0 Å². The maximum atomic E-state index is 9.16. The lowest BCUT2D eigenvalue weighted by Gasteiger charge is -2.04. The van der Waals surface area contributed by atoms with Crippen LogP contribution < -0.4 is 0 Å². The summed E-state index contributed by atoms with van der Waals surface area (Å²) < 4.78 is 2.68. The second-order valence-electron chi connectivity index (χ2n) is 3.41. The van der Waals surface area contributed by atoms with Gasteiger partial charge >= 0.3 is 0 Å². The van der Waals surface area contributed by atoms with Crippen LogP contribution in [0.15, 0.2) is 22.8 Å². The molecule has 80 valence electrons. The highest BCUT2D eigenvalue weighted by Gasteiger charge is 2.13. The minimum Gasteiger partial charge on any atom is -0.396 e. The van der Waals surface area contributed by atoms with Crippen LogP contribution in [0.25, 0.3) is 5.65 Å². The van der Waals surface area contributed by atoms with E-state index in [4.69, 9.17) is 5.11 Å². The first kappa shape index (κ1) is 10.6. The largest absolute Gasteiger partial charge is 0.396 e. The summed E-state index contributed by atoms with van der Waals surface area (Å²) in [4.78, 5) is 4.37. The molecular formula is C10H12BrN3O. The topological polar surface area (TPSA) is 50.4 Å². The van der Waals surface area contributed by atoms with Gasteiger partial charge in [0.25, 0.3) is 0 Å². The zero-order valence-corrected chi connectivity index (χ0v) is 9.98. The monoisotopic (exact) mass is 269 g/mol. The lowest BCUT2D eigenvalue weighted by molar-refractivity contribution is 0.257. The predicted octanol–water partition coefficient (Wildman–Crippen LogP) is 1.98. The SMILES string of the molecule is CCC(CO)c1nc2ccc(Br)cn2n1. The molecular weight excluding hydrogens is 258 g/mol. The van der Waals surface area contributed by atoms with Crippen LogP contribution in [0.3, 0.4) is 0 Å². The van der Waals surface area contributed by atoms with Crippen molar-refractivity contribution in [2.75, 3.05) is 6.61 Å². The highest BCUT2D eigenvalue weighted by atomic mass is 79.9. The maximum absolute atomic E-state index is 9.16. The molecule has 0 aliphatic rings. The zero-order chi connectivity index (χ0) is 10.8. The van der Waals surface area contributed by atoms with E-state index in [1.165, 1.54) is 0 Å². The highest BCUT2D eigenvalue weighted by Crippen LogP contribution is 2.17. The van der Waals surface area contributed by atoms with Gasteiger partial charge in [0, 0.05) is 16.6 Å². The predicted molar refractivity (Wildman–Crippen MR) is 60.8 cm³/mol. The van der Waals surface area contributed by atoms with Crippen LogP contribution in [0.4, 0.5) is 0 Å². The third-order valence-corrected chi connectivity index (χ3v) is 2.86. The van der Waals surface area contributed by atoms with Crippen LogP contribution in [0.2, 0.25) is 0 Å². The fourth-order valence-electron chi connectivity index (χ4n) is 1.44. The lowest BCUT2D eigenvalue weighted by Crippen LogP contribution is -2.04. The molecule has 15 heavy (non-hydrogen) atoms. The number of pyridine rings is 1. The van der Waals surface area contributed by atoms with E-state index in [1.807, 2.05) is 25.3 Å². The molecule has 2 heterocycles. The molecule has 5 heteroatoms.